The van der Waals surface area contributed by atoms with Gasteiger partial charge in [-0.1, -0.05) is 19.3 Å². The molecule has 1 heterocycles. The minimum Gasteiger partial charge on any atom is -0.224 e. The molecule has 0 N–H and O–H groups in total. The third kappa shape index (κ3) is 13.1. The molecule has 0 amide bonds. The van der Waals surface area contributed by atoms with Crippen molar-refractivity contribution in [2.75, 3.05) is 0 Å². The second-order valence-corrected chi connectivity index (χ2v) is 61.4. The summed E-state index contributed by atoms with van der Waals surface area (Å²) in [5, 5.41) is 0. The van der Waals surface area contributed by atoms with Crippen LogP contribution in [0.4, 0.5) is 0 Å². The molecule has 112 valence electrons. The van der Waals surface area contributed by atoms with Crippen LogP contribution in [0, 0.1) is 0 Å². The molecule has 0 aliphatic heterocycles. The smallest absolute Gasteiger partial charge is 0.224 e. The van der Waals surface area contributed by atoms with Crippen molar-refractivity contribution in [3.05, 3.63) is 30.2 Å². The number of hydrogen-bond acceptors (Lipinski definition) is 0. The summed E-state index contributed by atoms with van der Waals surface area (Å²) in [5.41, 5.74) is 1.46. The molecule has 1 saturated carbocycles. The Balaban J connectivity index is 0.000000224. The summed E-state index contributed by atoms with van der Waals surface area (Å²) in [7, 11) is 25.0. The van der Waals surface area contributed by atoms with Gasteiger partial charge in [-0.25, -0.2) is 4.42 Å². The van der Waals surface area contributed by atoms with E-state index in [2.05, 4.69) is 12.1 Å². The molecule has 0 atom stereocenters. The standard InChI is InChI=1S/C11H15O.6ClH.Sb/c1-2-4-10(5-3-1)11-6-8-12-9-7-11;;;;;;;/h6-10H,1-5H2;6*1H;/q+1;;;;;;;+5/p-6. The molecule has 0 spiro atoms. The molecule has 1 fully saturated rings. The van der Waals surface area contributed by atoms with Crippen LogP contribution in [-0.4, -0.2) is 9.14 Å². The Kier molecular flexibility index (Phi) is 6.36. The summed E-state index contributed by atoms with van der Waals surface area (Å²) < 4.78 is 5.01. The zero-order valence-corrected chi connectivity index (χ0v) is 17.1. The van der Waals surface area contributed by atoms with Crippen molar-refractivity contribution < 1.29 is 4.42 Å². The van der Waals surface area contributed by atoms with Crippen LogP contribution in [0.15, 0.2) is 29.1 Å². The molecule has 1 aliphatic carbocycles. The van der Waals surface area contributed by atoms with E-state index < -0.39 is 9.14 Å². The molecule has 0 bridgehead atoms. The van der Waals surface area contributed by atoms with Gasteiger partial charge in [-0.05, 0) is 24.3 Å². The number of hydrogen-bond donors (Lipinski definition) is 0. The van der Waals surface area contributed by atoms with Crippen molar-refractivity contribution >= 4 is 62.1 Å². The van der Waals surface area contributed by atoms with E-state index in [-0.39, 0.29) is 0 Å². The van der Waals surface area contributed by atoms with Crippen LogP contribution >= 0.6 is 53.0 Å². The molecule has 1 aromatic rings. The monoisotopic (exact) mass is 494 g/mol. The van der Waals surface area contributed by atoms with E-state index in [1.807, 2.05) is 0 Å². The van der Waals surface area contributed by atoms with Gasteiger partial charge < -0.3 is 0 Å². The zero-order chi connectivity index (χ0) is 14.6. The Morgan fingerprint density at radius 2 is 1.26 bits per heavy atom. The first-order valence-electron chi connectivity index (χ1n) is 5.83. The fourth-order valence-electron chi connectivity index (χ4n) is 2.04. The summed E-state index contributed by atoms with van der Waals surface area (Å²) >= 11 is 0. The molecule has 8 heteroatoms. The van der Waals surface area contributed by atoms with Gasteiger partial charge in [-0.2, -0.15) is 0 Å². The molecule has 0 saturated heterocycles. The molecule has 19 heavy (non-hydrogen) atoms. The van der Waals surface area contributed by atoms with Gasteiger partial charge in [0.2, 0.25) is 0 Å². The van der Waals surface area contributed by atoms with Crippen LogP contribution in [0.3, 0.4) is 0 Å². The molecule has 2 rings (SSSR count). The summed E-state index contributed by atoms with van der Waals surface area (Å²) in [4.78, 5) is 0. The summed E-state index contributed by atoms with van der Waals surface area (Å²) in [6.45, 7) is 0. The Morgan fingerprint density at radius 1 is 0.842 bits per heavy atom. The molecular formula is C11H15Cl6OSb. The van der Waals surface area contributed by atoms with Crippen molar-refractivity contribution in [3.8, 4) is 0 Å². The van der Waals surface area contributed by atoms with Gasteiger partial charge in [-0.15, -0.1) is 0 Å². The summed E-state index contributed by atoms with van der Waals surface area (Å²) in [5.74, 6) is 0.801. The molecule has 1 aliphatic rings. The van der Waals surface area contributed by atoms with Gasteiger partial charge in [-0.3, -0.25) is 0 Å². The first-order valence-corrected chi connectivity index (χ1v) is 25.2. The van der Waals surface area contributed by atoms with Crippen LogP contribution in [0.2, 0.25) is 0 Å². The predicted octanol–water partition coefficient (Wildman–Crippen LogP) is 7.36. The van der Waals surface area contributed by atoms with Gasteiger partial charge in [0.25, 0.3) is 0 Å². The Morgan fingerprint density at radius 3 is 1.68 bits per heavy atom. The minimum absolute atomic E-state index is 0.801. The van der Waals surface area contributed by atoms with Gasteiger partial charge in [0.15, 0.2) is 0 Å². The Labute approximate surface area is 133 Å². The molecule has 0 unspecified atom stereocenters. The van der Waals surface area contributed by atoms with Crippen molar-refractivity contribution in [1.82, 2.24) is 0 Å². The van der Waals surface area contributed by atoms with E-state index >= 15 is 0 Å². The number of rotatable bonds is 1. The van der Waals surface area contributed by atoms with Crippen LogP contribution in [0.1, 0.15) is 43.6 Å². The second-order valence-electron chi connectivity index (χ2n) is 4.53. The maximum absolute atomic E-state index is 5.42. The fraction of sp³-hybridized carbons (Fsp3) is 0.545. The van der Waals surface area contributed by atoms with E-state index in [9.17, 15) is 0 Å². The van der Waals surface area contributed by atoms with Crippen LogP contribution in [-0.2, 0) is 0 Å². The van der Waals surface area contributed by atoms with E-state index in [0.717, 1.165) is 5.92 Å². The quantitative estimate of drug-likeness (QED) is 0.291. The Bertz CT molecular complexity index is 383. The summed E-state index contributed by atoms with van der Waals surface area (Å²) in [6, 6.07) is 4.21. The van der Waals surface area contributed by atoms with Crippen LogP contribution in [0.25, 0.3) is 0 Å². The fourth-order valence-corrected chi connectivity index (χ4v) is 2.04. The van der Waals surface area contributed by atoms with E-state index in [0.29, 0.717) is 0 Å². The van der Waals surface area contributed by atoms with E-state index in [1.54, 1.807) is 12.5 Å². The Hall–Kier alpha value is 1.71. The molecular weight excluding hydrogens is 483 g/mol. The second kappa shape index (κ2) is 6.45. The normalized spacial score (nSPS) is 20.7. The van der Waals surface area contributed by atoms with Gasteiger partial charge in [0.05, 0.1) is 0 Å². The SMILES string of the molecule is [Cl][Sb-]([Cl])([Cl])([Cl])([Cl])[Cl].c1cc(C2CCCCC2)cc[o+]1. The largest absolute Gasteiger partial charge is 0.318 e. The molecule has 0 aromatic carbocycles. The van der Waals surface area contributed by atoms with E-state index in [1.165, 1.54) is 37.7 Å². The molecule has 1 aromatic heterocycles. The topological polar surface area (TPSA) is 11.3 Å². The van der Waals surface area contributed by atoms with Crippen molar-refractivity contribution in [2.24, 2.45) is 0 Å². The molecule has 1 nitrogen and oxygen atoms in total. The number of halogens is 6. The maximum atomic E-state index is 5.06. The zero-order valence-electron chi connectivity index (χ0n) is 10.0. The average molecular weight is 498 g/mol. The minimum atomic E-state index is -5.42. The third-order valence-corrected chi connectivity index (χ3v) is 2.75. The maximum Gasteiger partial charge on any atom is 0.318 e. The van der Waals surface area contributed by atoms with Crippen LogP contribution in [0.5, 0.6) is 0 Å². The first kappa shape index (κ1) is 18.8. The average Bonchev–Trinajstić information content (AvgIpc) is 2.27. The van der Waals surface area contributed by atoms with Gasteiger partial charge in [0.1, 0.15) is 0 Å². The van der Waals surface area contributed by atoms with Crippen molar-refractivity contribution in [2.45, 2.75) is 38.0 Å². The molecule has 0 radical (unpaired) electrons. The van der Waals surface area contributed by atoms with E-state index in [4.69, 9.17) is 57.4 Å². The van der Waals surface area contributed by atoms with Gasteiger partial charge in [0, 0.05) is 12.1 Å². The van der Waals surface area contributed by atoms with Gasteiger partial charge >= 0.3 is 74.6 Å². The summed E-state index contributed by atoms with van der Waals surface area (Å²) in [6.07, 6.45) is 10.5. The van der Waals surface area contributed by atoms with Crippen molar-refractivity contribution in [1.29, 1.82) is 0 Å². The van der Waals surface area contributed by atoms with Crippen molar-refractivity contribution in [3.63, 3.8) is 0 Å². The first-order chi connectivity index (χ1) is 8.42. The van der Waals surface area contributed by atoms with Crippen LogP contribution < -0.4 is 0 Å². The third-order valence-electron chi connectivity index (χ3n) is 2.75. The predicted molar refractivity (Wildman–Crippen MR) is 89.8 cm³/mol.